The largest absolute Gasteiger partial charge is 0.446 e. The molecule has 1 aliphatic heterocycles. The van der Waals surface area contributed by atoms with Crippen molar-refractivity contribution < 1.29 is 9.53 Å². The average Bonchev–Trinajstić information content (AvgIpc) is 2.94. The zero-order valence-corrected chi connectivity index (χ0v) is 12.9. The molecule has 0 aliphatic carbocycles. The third-order valence-corrected chi connectivity index (χ3v) is 3.63. The molecular formula is C18H18N2O2. The van der Waals surface area contributed by atoms with E-state index >= 15 is 0 Å². The lowest BCUT2D eigenvalue weighted by Crippen LogP contribution is -2.25. The maximum atomic E-state index is 11.9. The van der Waals surface area contributed by atoms with E-state index in [-0.39, 0.29) is 5.91 Å². The highest BCUT2D eigenvalue weighted by atomic mass is 16.5. The summed E-state index contributed by atoms with van der Waals surface area (Å²) in [5, 5.41) is 5.73. The van der Waals surface area contributed by atoms with Gasteiger partial charge in [0.2, 0.25) is 18.0 Å². The third kappa shape index (κ3) is 2.72. The van der Waals surface area contributed by atoms with Crippen LogP contribution in [0.5, 0.6) is 0 Å². The lowest BCUT2D eigenvalue weighted by molar-refractivity contribution is -0.135. The number of carbonyl (C=O) groups is 1. The van der Waals surface area contributed by atoms with Gasteiger partial charge in [-0.05, 0) is 26.0 Å². The van der Waals surface area contributed by atoms with E-state index in [1.165, 1.54) is 17.5 Å². The quantitative estimate of drug-likeness (QED) is 0.850. The summed E-state index contributed by atoms with van der Waals surface area (Å²) in [6.07, 6.45) is -0.505. The Morgan fingerprint density at radius 1 is 1.00 bits per heavy atom. The summed E-state index contributed by atoms with van der Waals surface area (Å²) in [6, 6.07) is 15.8. The highest BCUT2D eigenvalue weighted by Gasteiger charge is 2.32. The molecule has 0 unspecified atom stereocenters. The smallest absolute Gasteiger partial charge is 0.243 e. The third-order valence-electron chi connectivity index (χ3n) is 3.63. The molecule has 0 saturated carbocycles. The van der Waals surface area contributed by atoms with E-state index in [0.29, 0.717) is 5.90 Å². The Hall–Kier alpha value is -2.62. The first-order chi connectivity index (χ1) is 10.5. The lowest BCUT2D eigenvalue weighted by Gasteiger charge is -2.19. The highest BCUT2D eigenvalue weighted by molar-refractivity contribution is 5.96. The van der Waals surface area contributed by atoms with Crippen LogP contribution >= 0.6 is 0 Å². The minimum absolute atomic E-state index is 0.146. The summed E-state index contributed by atoms with van der Waals surface area (Å²) in [4.78, 5) is 11.9. The van der Waals surface area contributed by atoms with E-state index in [1.54, 1.807) is 0 Å². The Kier molecular flexibility index (Phi) is 3.67. The van der Waals surface area contributed by atoms with Gasteiger partial charge in [0.1, 0.15) is 0 Å². The molecule has 0 fully saturated rings. The van der Waals surface area contributed by atoms with Crippen LogP contribution in [0, 0.1) is 13.8 Å². The van der Waals surface area contributed by atoms with Crippen molar-refractivity contribution in [2.24, 2.45) is 5.10 Å². The van der Waals surface area contributed by atoms with Crippen molar-refractivity contribution >= 4 is 11.8 Å². The Bertz CT molecular complexity index is 718. The SMILES string of the molecule is CC(=O)N1N=C(c2ccc(C)cc2)O[C@H]1c1ccc(C)cc1. The fourth-order valence-electron chi connectivity index (χ4n) is 2.33. The van der Waals surface area contributed by atoms with Gasteiger partial charge in [-0.1, -0.05) is 47.5 Å². The Balaban J connectivity index is 1.92. The number of hydrogen-bond donors (Lipinski definition) is 0. The first-order valence-corrected chi connectivity index (χ1v) is 7.23. The van der Waals surface area contributed by atoms with E-state index in [4.69, 9.17) is 4.74 Å². The molecule has 0 N–H and O–H groups in total. The minimum atomic E-state index is -0.505. The van der Waals surface area contributed by atoms with Gasteiger partial charge in [-0.2, -0.15) is 5.01 Å². The monoisotopic (exact) mass is 294 g/mol. The molecule has 0 saturated heterocycles. The molecule has 0 radical (unpaired) electrons. The van der Waals surface area contributed by atoms with Gasteiger partial charge in [0.15, 0.2) is 0 Å². The van der Waals surface area contributed by atoms with Crippen LogP contribution in [0.15, 0.2) is 53.6 Å². The van der Waals surface area contributed by atoms with Crippen LogP contribution in [-0.2, 0) is 9.53 Å². The molecule has 1 atom stereocenters. The number of hydrazone groups is 1. The van der Waals surface area contributed by atoms with Crippen molar-refractivity contribution in [1.29, 1.82) is 0 Å². The molecule has 1 aliphatic rings. The highest BCUT2D eigenvalue weighted by Crippen LogP contribution is 2.30. The molecule has 0 bridgehead atoms. The standard InChI is InChI=1S/C18H18N2O2/c1-12-4-8-15(9-5-12)17-19-20(14(3)21)18(22-17)16-10-6-13(2)7-11-16/h4-11,18H,1-3H3/t18-/m0/s1. The van der Waals surface area contributed by atoms with Crippen LogP contribution in [0.25, 0.3) is 0 Å². The number of aryl methyl sites for hydroxylation is 2. The molecule has 112 valence electrons. The summed E-state index contributed by atoms with van der Waals surface area (Å²) >= 11 is 0. The number of nitrogens with zero attached hydrogens (tertiary/aromatic N) is 2. The Morgan fingerprint density at radius 3 is 2.09 bits per heavy atom. The van der Waals surface area contributed by atoms with Crippen LogP contribution < -0.4 is 0 Å². The second-order valence-electron chi connectivity index (χ2n) is 5.52. The number of carbonyl (C=O) groups excluding carboxylic acids is 1. The molecule has 22 heavy (non-hydrogen) atoms. The molecular weight excluding hydrogens is 276 g/mol. The van der Waals surface area contributed by atoms with Gasteiger partial charge >= 0.3 is 0 Å². The van der Waals surface area contributed by atoms with Crippen molar-refractivity contribution in [1.82, 2.24) is 5.01 Å². The fourth-order valence-corrected chi connectivity index (χ4v) is 2.33. The molecule has 0 spiro atoms. The number of amides is 1. The van der Waals surface area contributed by atoms with Crippen LogP contribution in [0.2, 0.25) is 0 Å². The molecule has 1 heterocycles. The van der Waals surface area contributed by atoms with E-state index < -0.39 is 6.23 Å². The molecule has 2 aromatic rings. The van der Waals surface area contributed by atoms with Crippen molar-refractivity contribution in [3.05, 3.63) is 70.8 Å². The maximum Gasteiger partial charge on any atom is 0.243 e. The van der Waals surface area contributed by atoms with Crippen molar-refractivity contribution in [3.8, 4) is 0 Å². The molecule has 1 amide bonds. The van der Waals surface area contributed by atoms with Crippen molar-refractivity contribution in [2.75, 3.05) is 0 Å². The minimum Gasteiger partial charge on any atom is -0.446 e. The fraction of sp³-hybridized carbons (Fsp3) is 0.222. The van der Waals surface area contributed by atoms with E-state index in [1.807, 2.05) is 62.4 Å². The van der Waals surface area contributed by atoms with Crippen molar-refractivity contribution in [3.63, 3.8) is 0 Å². The van der Waals surface area contributed by atoms with Crippen LogP contribution in [0.1, 0.15) is 35.4 Å². The van der Waals surface area contributed by atoms with Crippen molar-refractivity contribution in [2.45, 2.75) is 27.0 Å². The predicted molar refractivity (Wildman–Crippen MR) is 85.2 cm³/mol. The van der Waals surface area contributed by atoms with Crippen LogP contribution in [-0.4, -0.2) is 16.8 Å². The zero-order valence-electron chi connectivity index (χ0n) is 12.9. The first-order valence-electron chi connectivity index (χ1n) is 7.23. The lowest BCUT2D eigenvalue weighted by atomic mass is 10.1. The molecule has 3 rings (SSSR count). The maximum absolute atomic E-state index is 11.9. The average molecular weight is 294 g/mol. The van der Waals surface area contributed by atoms with E-state index in [0.717, 1.165) is 16.7 Å². The zero-order chi connectivity index (χ0) is 15.7. The van der Waals surface area contributed by atoms with Gasteiger partial charge in [-0.3, -0.25) is 4.79 Å². The number of benzene rings is 2. The summed E-state index contributed by atoms with van der Waals surface area (Å²) in [7, 11) is 0. The number of rotatable bonds is 2. The summed E-state index contributed by atoms with van der Waals surface area (Å²) in [6.45, 7) is 5.54. The second-order valence-corrected chi connectivity index (χ2v) is 5.52. The molecule has 2 aromatic carbocycles. The van der Waals surface area contributed by atoms with Gasteiger partial charge in [-0.25, -0.2) is 0 Å². The Morgan fingerprint density at radius 2 is 1.55 bits per heavy atom. The van der Waals surface area contributed by atoms with Crippen LogP contribution in [0.3, 0.4) is 0 Å². The Labute approximate surface area is 130 Å². The van der Waals surface area contributed by atoms with Crippen LogP contribution in [0.4, 0.5) is 0 Å². The summed E-state index contributed by atoms with van der Waals surface area (Å²) < 4.78 is 5.94. The summed E-state index contributed by atoms with van der Waals surface area (Å²) in [5.41, 5.74) is 4.11. The van der Waals surface area contributed by atoms with Gasteiger partial charge in [-0.15, -0.1) is 5.10 Å². The number of ether oxygens (including phenoxy) is 1. The van der Waals surface area contributed by atoms with Gasteiger partial charge in [0.25, 0.3) is 0 Å². The van der Waals surface area contributed by atoms with Gasteiger partial charge in [0.05, 0.1) is 0 Å². The molecule has 0 aromatic heterocycles. The predicted octanol–water partition coefficient (Wildman–Crippen LogP) is 3.54. The number of hydrogen-bond acceptors (Lipinski definition) is 3. The summed E-state index contributed by atoms with van der Waals surface area (Å²) in [5.74, 6) is 0.327. The van der Waals surface area contributed by atoms with Gasteiger partial charge in [0, 0.05) is 18.1 Å². The topological polar surface area (TPSA) is 41.9 Å². The van der Waals surface area contributed by atoms with E-state index in [9.17, 15) is 4.79 Å². The van der Waals surface area contributed by atoms with Gasteiger partial charge < -0.3 is 4.74 Å². The normalized spacial score (nSPS) is 17.1. The van der Waals surface area contributed by atoms with E-state index in [2.05, 4.69) is 5.10 Å². The molecule has 4 nitrogen and oxygen atoms in total. The second kappa shape index (κ2) is 5.64. The molecule has 4 heteroatoms. The first kappa shape index (κ1) is 14.3.